The molecule has 0 unspecified atom stereocenters. The molecule has 3 nitrogen and oxygen atoms in total. The molecule has 0 spiro atoms. The molecule has 0 radical (unpaired) electrons. The minimum absolute atomic E-state index is 0.315. The number of aliphatic hydroxyl groups excluding tert-OH is 1. The molecule has 2 N–H and O–H groups in total. The van der Waals surface area contributed by atoms with Crippen LogP contribution >= 0.6 is 0 Å². The van der Waals surface area contributed by atoms with Gasteiger partial charge in [0.15, 0.2) is 0 Å². The second-order valence-corrected chi connectivity index (χ2v) is 6.16. The van der Waals surface area contributed by atoms with E-state index in [9.17, 15) is 5.11 Å². The number of rotatable bonds is 5. The van der Waals surface area contributed by atoms with Gasteiger partial charge in [-0.05, 0) is 69.2 Å². The first-order chi connectivity index (χ1) is 9.33. The first-order valence-electron chi connectivity index (χ1n) is 7.77. The Morgan fingerprint density at radius 1 is 1.21 bits per heavy atom. The van der Waals surface area contributed by atoms with Gasteiger partial charge in [-0.25, -0.2) is 0 Å². The molecule has 2 rings (SSSR count). The molecule has 1 aliphatic heterocycles. The van der Waals surface area contributed by atoms with Gasteiger partial charge >= 0.3 is 0 Å². The fraction of sp³-hybridized carbons (Fsp3) is 0.812. The Morgan fingerprint density at radius 2 is 1.95 bits per heavy atom. The van der Waals surface area contributed by atoms with Crippen molar-refractivity contribution in [3.05, 3.63) is 11.1 Å². The number of aliphatic imine (C=N–C) groups is 1. The third-order valence-corrected chi connectivity index (χ3v) is 4.59. The van der Waals surface area contributed by atoms with Crippen molar-refractivity contribution >= 4 is 6.72 Å². The molecule has 2 atom stereocenters. The van der Waals surface area contributed by atoms with E-state index < -0.39 is 0 Å². The Bertz CT molecular complexity index is 317. The van der Waals surface area contributed by atoms with Gasteiger partial charge in [0.05, 0.1) is 6.54 Å². The molecule has 0 amide bonds. The van der Waals surface area contributed by atoms with Crippen LogP contribution in [0.3, 0.4) is 0 Å². The summed E-state index contributed by atoms with van der Waals surface area (Å²) >= 11 is 0. The monoisotopic (exact) mass is 264 g/mol. The summed E-state index contributed by atoms with van der Waals surface area (Å²) in [5.74, 6) is 1.10. The highest BCUT2D eigenvalue weighted by Crippen LogP contribution is 2.31. The standard InChI is InChI=1S/C16H28N2O/c1-17-11-16(15-5-3-2-4-6-15)8-13-7-14(12-19)10-18-9-13/h13-14,18-19H,1-12H2/t13-,14-/m1/s1. The first kappa shape index (κ1) is 14.7. The highest BCUT2D eigenvalue weighted by molar-refractivity contribution is 5.27. The van der Waals surface area contributed by atoms with E-state index in [4.69, 9.17) is 0 Å². The number of allylic oxidation sites excluding steroid dienone is 1. The van der Waals surface area contributed by atoms with E-state index in [0.29, 0.717) is 18.4 Å². The summed E-state index contributed by atoms with van der Waals surface area (Å²) in [4.78, 5) is 4.14. The zero-order valence-corrected chi connectivity index (χ0v) is 12.0. The molecule has 0 bridgehead atoms. The van der Waals surface area contributed by atoms with Crippen LogP contribution in [0.5, 0.6) is 0 Å². The van der Waals surface area contributed by atoms with Crippen molar-refractivity contribution in [1.82, 2.24) is 5.32 Å². The van der Waals surface area contributed by atoms with Crippen LogP contribution < -0.4 is 5.32 Å². The topological polar surface area (TPSA) is 44.6 Å². The van der Waals surface area contributed by atoms with Gasteiger partial charge in [-0.15, -0.1) is 0 Å². The smallest absolute Gasteiger partial charge is 0.0595 e. The van der Waals surface area contributed by atoms with Crippen LogP contribution in [0.2, 0.25) is 0 Å². The van der Waals surface area contributed by atoms with Gasteiger partial charge in [0, 0.05) is 13.2 Å². The van der Waals surface area contributed by atoms with E-state index in [0.717, 1.165) is 32.5 Å². The summed E-state index contributed by atoms with van der Waals surface area (Å²) in [5, 5.41) is 12.8. The Balaban J connectivity index is 1.97. The predicted octanol–water partition coefficient (Wildman–Crippen LogP) is 2.56. The molecule has 2 fully saturated rings. The number of piperidine rings is 1. The highest BCUT2D eigenvalue weighted by Gasteiger charge is 2.23. The van der Waals surface area contributed by atoms with Gasteiger partial charge < -0.3 is 10.4 Å². The minimum atomic E-state index is 0.315. The maximum absolute atomic E-state index is 9.31. The molecule has 3 heteroatoms. The van der Waals surface area contributed by atoms with E-state index in [2.05, 4.69) is 17.0 Å². The summed E-state index contributed by atoms with van der Waals surface area (Å²) in [6.45, 7) is 6.87. The summed E-state index contributed by atoms with van der Waals surface area (Å²) < 4.78 is 0. The van der Waals surface area contributed by atoms with Crippen LogP contribution in [0.1, 0.15) is 44.9 Å². The maximum Gasteiger partial charge on any atom is 0.0595 e. The maximum atomic E-state index is 9.31. The summed E-state index contributed by atoms with van der Waals surface area (Å²) in [6.07, 6.45) is 8.92. The molecule has 0 aromatic heterocycles. The quantitative estimate of drug-likeness (QED) is 0.592. The molecule has 2 aliphatic rings. The second-order valence-electron chi connectivity index (χ2n) is 6.16. The van der Waals surface area contributed by atoms with Crippen molar-refractivity contribution in [2.24, 2.45) is 16.8 Å². The fourth-order valence-corrected chi connectivity index (χ4v) is 3.56. The van der Waals surface area contributed by atoms with E-state index in [1.807, 2.05) is 0 Å². The van der Waals surface area contributed by atoms with Crippen LogP contribution in [-0.4, -0.2) is 38.1 Å². The predicted molar refractivity (Wildman–Crippen MR) is 80.7 cm³/mol. The normalized spacial score (nSPS) is 28.2. The molecule has 1 heterocycles. The third-order valence-electron chi connectivity index (χ3n) is 4.59. The lowest BCUT2D eigenvalue weighted by Gasteiger charge is -2.30. The Labute approximate surface area is 117 Å². The SMILES string of the molecule is C=NCC(C[C@@H]1CNC[C@H](CO)C1)=C1CCCCC1. The van der Waals surface area contributed by atoms with Crippen molar-refractivity contribution in [3.8, 4) is 0 Å². The summed E-state index contributed by atoms with van der Waals surface area (Å²) in [6, 6.07) is 0. The zero-order chi connectivity index (χ0) is 13.5. The van der Waals surface area contributed by atoms with Gasteiger partial charge in [0.25, 0.3) is 0 Å². The zero-order valence-electron chi connectivity index (χ0n) is 12.0. The number of hydrogen-bond acceptors (Lipinski definition) is 3. The Kier molecular flexibility index (Phi) is 6.05. The van der Waals surface area contributed by atoms with Crippen LogP contribution in [0.15, 0.2) is 16.1 Å². The first-order valence-corrected chi connectivity index (χ1v) is 7.77. The molecule has 1 saturated heterocycles. The lowest BCUT2D eigenvalue weighted by molar-refractivity contribution is 0.171. The van der Waals surface area contributed by atoms with Crippen LogP contribution in [0.4, 0.5) is 0 Å². The molecule has 1 aliphatic carbocycles. The molecule has 19 heavy (non-hydrogen) atoms. The second kappa shape index (κ2) is 7.81. The van der Waals surface area contributed by atoms with E-state index in [-0.39, 0.29) is 0 Å². The molecule has 0 aromatic carbocycles. The lowest BCUT2D eigenvalue weighted by Crippen LogP contribution is -2.38. The largest absolute Gasteiger partial charge is 0.396 e. The van der Waals surface area contributed by atoms with Gasteiger partial charge in [-0.1, -0.05) is 12.0 Å². The average molecular weight is 264 g/mol. The molecule has 1 saturated carbocycles. The number of aliphatic hydroxyl groups is 1. The molecule has 0 aromatic rings. The summed E-state index contributed by atoms with van der Waals surface area (Å²) in [7, 11) is 0. The number of nitrogens with one attached hydrogen (secondary N) is 1. The van der Waals surface area contributed by atoms with Gasteiger partial charge in [-0.2, -0.15) is 0 Å². The van der Waals surface area contributed by atoms with Crippen LogP contribution in [-0.2, 0) is 0 Å². The Morgan fingerprint density at radius 3 is 2.63 bits per heavy atom. The fourth-order valence-electron chi connectivity index (χ4n) is 3.56. The average Bonchev–Trinajstić information content (AvgIpc) is 2.48. The lowest BCUT2D eigenvalue weighted by atomic mass is 9.82. The van der Waals surface area contributed by atoms with Crippen molar-refractivity contribution in [1.29, 1.82) is 0 Å². The van der Waals surface area contributed by atoms with Crippen LogP contribution in [0, 0.1) is 11.8 Å². The minimum Gasteiger partial charge on any atom is -0.396 e. The molecule has 108 valence electrons. The molecular formula is C16H28N2O. The Hall–Kier alpha value is -0.670. The van der Waals surface area contributed by atoms with Crippen LogP contribution in [0.25, 0.3) is 0 Å². The van der Waals surface area contributed by atoms with E-state index in [1.165, 1.54) is 32.1 Å². The van der Waals surface area contributed by atoms with Crippen molar-refractivity contribution < 1.29 is 5.11 Å². The number of nitrogens with zero attached hydrogens (tertiary/aromatic N) is 1. The van der Waals surface area contributed by atoms with E-state index in [1.54, 1.807) is 11.1 Å². The van der Waals surface area contributed by atoms with Crippen molar-refractivity contribution in [2.45, 2.75) is 44.9 Å². The highest BCUT2D eigenvalue weighted by atomic mass is 16.3. The summed E-state index contributed by atoms with van der Waals surface area (Å²) in [5.41, 5.74) is 3.20. The van der Waals surface area contributed by atoms with Gasteiger partial charge in [0.2, 0.25) is 0 Å². The van der Waals surface area contributed by atoms with Crippen molar-refractivity contribution in [3.63, 3.8) is 0 Å². The molecular weight excluding hydrogens is 236 g/mol. The third kappa shape index (κ3) is 4.43. The number of hydrogen-bond donors (Lipinski definition) is 2. The van der Waals surface area contributed by atoms with E-state index >= 15 is 0 Å². The van der Waals surface area contributed by atoms with Gasteiger partial charge in [0.1, 0.15) is 0 Å². The van der Waals surface area contributed by atoms with Crippen molar-refractivity contribution in [2.75, 3.05) is 26.2 Å². The van der Waals surface area contributed by atoms with Gasteiger partial charge in [-0.3, -0.25) is 4.99 Å².